The second kappa shape index (κ2) is 31.7. The highest BCUT2D eigenvalue weighted by Crippen LogP contribution is 2.23. The summed E-state index contributed by atoms with van der Waals surface area (Å²) in [6.45, 7) is 3.47. The lowest BCUT2D eigenvalue weighted by atomic mass is 9.98. The number of nitrogens with one attached hydrogen (secondary N) is 1. The van der Waals surface area contributed by atoms with Gasteiger partial charge in [-0.3, -0.25) is 4.79 Å². The van der Waals surface area contributed by atoms with Crippen LogP contribution in [0.4, 0.5) is 0 Å². The Balaban J connectivity index is 2.23. The molecule has 1 rings (SSSR count). The van der Waals surface area contributed by atoms with Crippen molar-refractivity contribution in [3.8, 4) is 0 Å². The summed E-state index contributed by atoms with van der Waals surface area (Å²) in [6.07, 6.45) is 21.9. The molecule has 1 aliphatic heterocycles. The van der Waals surface area contributed by atoms with Crippen LogP contribution in [-0.4, -0.2) is 98.7 Å². The highest BCUT2D eigenvalue weighted by molar-refractivity contribution is 5.76. The summed E-state index contributed by atoms with van der Waals surface area (Å²) in [7, 11) is 0. The summed E-state index contributed by atoms with van der Waals surface area (Å²) in [4.78, 5) is 12.8. The van der Waals surface area contributed by atoms with Crippen LogP contribution in [0.15, 0.2) is 0 Å². The van der Waals surface area contributed by atoms with Crippen LogP contribution in [0.3, 0.4) is 0 Å². The Kier molecular flexibility index (Phi) is 29.9. The summed E-state index contributed by atoms with van der Waals surface area (Å²) in [5, 5.41) is 64.3. The largest absolute Gasteiger partial charge is 0.394 e. The van der Waals surface area contributed by atoms with E-state index in [4.69, 9.17) is 9.47 Å². The van der Waals surface area contributed by atoms with Crippen LogP contribution < -0.4 is 5.32 Å². The number of amides is 1. The van der Waals surface area contributed by atoms with Crippen molar-refractivity contribution in [2.45, 2.75) is 236 Å². The molecule has 0 radical (unpaired) electrons. The van der Waals surface area contributed by atoms with Crippen molar-refractivity contribution in [3.63, 3.8) is 0 Å². The predicted octanol–water partition coefficient (Wildman–Crippen LogP) is 6.58. The third-order valence-electron chi connectivity index (χ3n) is 10.3. The maximum Gasteiger partial charge on any atom is 0.220 e. The van der Waals surface area contributed by atoms with Crippen molar-refractivity contribution in [2.24, 2.45) is 0 Å². The number of carbonyl (C=O) groups excluding carboxylic acids is 1. The van der Waals surface area contributed by atoms with Gasteiger partial charge in [-0.1, -0.05) is 168 Å². The minimum atomic E-state index is -1.60. The number of aliphatic hydroxyl groups excluding tert-OH is 6. The SMILES string of the molecule is CCCCCCCCCCCCCCCCCCCCCCCC(=O)NC(COC1O[C@H](CO)[C@H](O)[C@H](O)[C@H]1O)C(O)C(O)CCCCCC. The van der Waals surface area contributed by atoms with Gasteiger partial charge in [0.25, 0.3) is 0 Å². The van der Waals surface area contributed by atoms with Crippen LogP contribution in [-0.2, 0) is 14.3 Å². The average molecular weight is 718 g/mol. The van der Waals surface area contributed by atoms with E-state index in [1.165, 1.54) is 116 Å². The molecule has 298 valence electrons. The van der Waals surface area contributed by atoms with Crippen LogP contribution in [0.5, 0.6) is 0 Å². The molecule has 10 nitrogen and oxygen atoms in total. The third kappa shape index (κ3) is 22.3. The van der Waals surface area contributed by atoms with Gasteiger partial charge in [0.05, 0.1) is 25.4 Å². The molecule has 1 fully saturated rings. The lowest BCUT2D eigenvalue weighted by molar-refractivity contribution is -0.303. The standard InChI is InChI=1S/C40H79NO9/c1-3-5-7-9-10-11-12-13-14-15-16-17-18-19-20-21-22-23-24-25-27-29-35(44)41-32(36(45)33(43)28-26-8-6-4-2)31-49-40-39(48)38(47)37(46)34(30-42)50-40/h32-34,36-40,42-43,45-48H,3-31H2,1-2H3,(H,41,44)/t32?,33?,34-,36?,37+,38+,39-,40?/m1/s1. The van der Waals surface area contributed by atoms with E-state index in [-0.39, 0.29) is 18.9 Å². The molecule has 50 heavy (non-hydrogen) atoms. The normalized spacial score (nSPS) is 22.8. The maximum absolute atomic E-state index is 12.8. The summed E-state index contributed by atoms with van der Waals surface area (Å²) in [5.41, 5.74) is 0. The smallest absolute Gasteiger partial charge is 0.220 e. The first-order chi connectivity index (χ1) is 24.3. The van der Waals surface area contributed by atoms with Gasteiger partial charge in [-0.15, -0.1) is 0 Å². The van der Waals surface area contributed by atoms with E-state index in [0.717, 1.165) is 44.9 Å². The molecule has 0 bridgehead atoms. The molecule has 1 amide bonds. The lowest BCUT2D eigenvalue weighted by Crippen LogP contribution is -2.60. The van der Waals surface area contributed by atoms with Crippen LogP contribution in [0.1, 0.15) is 187 Å². The van der Waals surface area contributed by atoms with Gasteiger partial charge < -0.3 is 45.4 Å². The zero-order valence-electron chi connectivity index (χ0n) is 32.0. The van der Waals surface area contributed by atoms with E-state index in [1.54, 1.807) is 0 Å². The van der Waals surface area contributed by atoms with Gasteiger partial charge in [0.2, 0.25) is 5.91 Å². The first-order valence-corrected chi connectivity index (χ1v) is 20.8. The van der Waals surface area contributed by atoms with Crippen molar-refractivity contribution in [2.75, 3.05) is 13.2 Å². The van der Waals surface area contributed by atoms with E-state index in [0.29, 0.717) is 6.42 Å². The Morgan fingerprint density at radius 2 is 1.04 bits per heavy atom. The number of unbranched alkanes of at least 4 members (excludes halogenated alkanes) is 23. The third-order valence-corrected chi connectivity index (χ3v) is 10.3. The molecular weight excluding hydrogens is 638 g/mol. The number of rotatable bonds is 34. The van der Waals surface area contributed by atoms with Crippen LogP contribution in [0.25, 0.3) is 0 Å². The fourth-order valence-corrected chi connectivity index (χ4v) is 6.84. The van der Waals surface area contributed by atoms with E-state index < -0.39 is 55.6 Å². The Labute approximate surface area is 305 Å². The lowest BCUT2D eigenvalue weighted by Gasteiger charge is -2.40. The van der Waals surface area contributed by atoms with Crippen molar-refractivity contribution < 1.29 is 44.9 Å². The van der Waals surface area contributed by atoms with Gasteiger partial charge in [0, 0.05) is 6.42 Å². The van der Waals surface area contributed by atoms with Crippen molar-refractivity contribution >= 4 is 5.91 Å². The average Bonchev–Trinajstić information content (AvgIpc) is 3.11. The number of aliphatic hydroxyl groups is 6. The van der Waals surface area contributed by atoms with E-state index in [1.807, 2.05) is 0 Å². The van der Waals surface area contributed by atoms with E-state index in [2.05, 4.69) is 19.2 Å². The Morgan fingerprint density at radius 3 is 1.48 bits per heavy atom. The second-order valence-electron chi connectivity index (χ2n) is 14.9. The minimum absolute atomic E-state index is 0.262. The molecule has 1 saturated heterocycles. The quantitative estimate of drug-likeness (QED) is 0.0364. The topological polar surface area (TPSA) is 169 Å². The molecular formula is C40H79NO9. The van der Waals surface area contributed by atoms with Crippen LogP contribution in [0, 0.1) is 0 Å². The van der Waals surface area contributed by atoms with Gasteiger partial charge in [0.15, 0.2) is 6.29 Å². The Hall–Kier alpha value is -0.850. The van der Waals surface area contributed by atoms with Crippen molar-refractivity contribution in [1.29, 1.82) is 0 Å². The molecule has 0 saturated carbocycles. The second-order valence-corrected chi connectivity index (χ2v) is 14.9. The molecule has 1 heterocycles. The molecule has 0 spiro atoms. The number of hydrogen-bond donors (Lipinski definition) is 7. The van der Waals surface area contributed by atoms with Gasteiger partial charge in [-0.2, -0.15) is 0 Å². The molecule has 10 heteroatoms. The molecule has 0 aromatic carbocycles. The van der Waals surface area contributed by atoms with Crippen LogP contribution >= 0.6 is 0 Å². The monoisotopic (exact) mass is 718 g/mol. The minimum Gasteiger partial charge on any atom is -0.394 e. The number of carbonyl (C=O) groups is 1. The highest BCUT2D eigenvalue weighted by Gasteiger charge is 2.44. The summed E-state index contributed by atoms with van der Waals surface area (Å²) in [5.74, 6) is -0.262. The molecule has 4 unspecified atom stereocenters. The van der Waals surface area contributed by atoms with Gasteiger partial charge in [-0.25, -0.2) is 0 Å². The first kappa shape index (κ1) is 47.2. The van der Waals surface area contributed by atoms with Gasteiger partial charge in [0.1, 0.15) is 30.5 Å². The summed E-state index contributed by atoms with van der Waals surface area (Å²) in [6, 6.07) is -0.981. The molecule has 7 N–H and O–H groups in total. The van der Waals surface area contributed by atoms with E-state index >= 15 is 0 Å². The van der Waals surface area contributed by atoms with Crippen molar-refractivity contribution in [1.82, 2.24) is 5.32 Å². The van der Waals surface area contributed by atoms with Gasteiger partial charge >= 0.3 is 0 Å². The number of hydrogen-bond acceptors (Lipinski definition) is 9. The molecule has 0 aromatic rings. The summed E-state index contributed by atoms with van der Waals surface area (Å²) >= 11 is 0. The highest BCUT2D eigenvalue weighted by atomic mass is 16.7. The summed E-state index contributed by atoms with van der Waals surface area (Å²) < 4.78 is 11.0. The Bertz CT molecular complexity index is 773. The van der Waals surface area contributed by atoms with Crippen molar-refractivity contribution in [3.05, 3.63) is 0 Å². The molecule has 8 atom stereocenters. The molecule has 0 aromatic heterocycles. The molecule has 1 aliphatic rings. The fraction of sp³-hybridized carbons (Fsp3) is 0.975. The predicted molar refractivity (Wildman–Crippen MR) is 200 cm³/mol. The first-order valence-electron chi connectivity index (χ1n) is 20.8. The zero-order chi connectivity index (χ0) is 36.8. The van der Waals surface area contributed by atoms with Gasteiger partial charge in [-0.05, 0) is 12.8 Å². The fourth-order valence-electron chi connectivity index (χ4n) is 6.84. The number of ether oxygens (including phenoxy) is 2. The van der Waals surface area contributed by atoms with E-state index in [9.17, 15) is 35.4 Å². The maximum atomic E-state index is 12.8. The zero-order valence-corrected chi connectivity index (χ0v) is 32.0. The van der Waals surface area contributed by atoms with Crippen LogP contribution in [0.2, 0.25) is 0 Å². The molecule has 0 aliphatic carbocycles. The Morgan fingerprint density at radius 1 is 0.620 bits per heavy atom.